The zero-order valence-corrected chi connectivity index (χ0v) is 13.0. The zero-order valence-electron chi connectivity index (χ0n) is 13.0. The molecular weight excluding hydrogens is 308 g/mol. The van der Waals surface area contributed by atoms with Gasteiger partial charge in [-0.15, -0.1) is 0 Å². The molecule has 0 aromatic heterocycles. The quantitative estimate of drug-likeness (QED) is 0.636. The summed E-state index contributed by atoms with van der Waals surface area (Å²) >= 11 is 0. The van der Waals surface area contributed by atoms with E-state index in [9.17, 15) is 8.78 Å². The lowest BCUT2D eigenvalue weighted by atomic mass is 10.1. The maximum atomic E-state index is 12.3. The van der Waals surface area contributed by atoms with E-state index < -0.39 is 6.08 Å². The SMILES string of the molecule is FC(F)=CCNc1ccc2ccccc2c1OCc1ccccc1. The first-order valence-corrected chi connectivity index (χ1v) is 7.67. The highest BCUT2D eigenvalue weighted by Crippen LogP contribution is 2.34. The van der Waals surface area contributed by atoms with Gasteiger partial charge in [-0.3, -0.25) is 0 Å². The van der Waals surface area contributed by atoms with Crippen LogP contribution in [0.3, 0.4) is 0 Å². The molecule has 24 heavy (non-hydrogen) atoms. The van der Waals surface area contributed by atoms with Gasteiger partial charge in [0.1, 0.15) is 6.61 Å². The van der Waals surface area contributed by atoms with Crippen molar-refractivity contribution in [2.24, 2.45) is 0 Å². The van der Waals surface area contributed by atoms with Gasteiger partial charge in [-0.1, -0.05) is 60.7 Å². The smallest absolute Gasteiger partial charge is 0.268 e. The summed E-state index contributed by atoms with van der Waals surface area (Å²) in [6.07, 6.45) is -0.856. The van der Waals surface area contributed by atoms with Gasteiger partial charge in [-0.2, -0.15) is 8.78 Å². The number of nitrogens with one attached hydrogen (secondary N) is 1. The zero-order chi connectivity index (χ0) is 16.8. The second-order valence-electron chi connectivity index (χ2n) is 5.31. The van der Waals surface area contributed by atoms with E-state index in [0.717, 1.165) is 22.4 Å². The van der Waals surface area contributed by atoms with Gasteiger partial charge in [0.25, 0.3) is 6.08 Å². The molecule has 2 nitrogen and oxygen atoms in total. The Bertz CT molecular complexity index is 843. The van der Waals surface area contributed by atoms with Crippen LogP contribution in [0.25, 0.3) is 10.8 Å². The first-order valence-electron chi connectivity index (χ1n) is 7.67. The van der Waals surface area contributed by atoms with Gasteiger partial charge in [-0.05, 0) is 17.0 Å². The molecule has 0 aliphatic carbocycles. The predicted molar refractivity (Wildman–Crippen MR) is 93.5 cm³/mol. The number of rotatable bonds is 6. The molecule has 0 spiro atoms. The van der Waals surface area contributed by atoms with Crippen LogP contribution >= 0.6 is 0 Å². The maximum absolute atomic E-state index is 12.3. The van der Waals surface area contributed by atoms with Crippen LogP contribution in [-0.4, -0.2) is 6.54 Å². The van der Waals surface area contributed by atoms with E-state index in [1.807, 2.05) is 66.7 Å². The van der Waals surface area contributed by atoms with Crippen LogP contribution in [0.4, 0.5) is 14.5 Å². The van der Waals surface area contributed by atoms with Crippen LogP contribution < -0.4 is 10.1 Å². The summed E-state index contributed by atoms with van der Waals surface area (Å²) in [6.45, 7) is 0.458. The summed E-state index contributed by atoms with van der Waals surface area (Å²) < 4.78 is 30.5. The van der Waals surface area contributed by atoms with Crippen molar-refractivity contribution in [1.29, 1.82) is 0 Å². The molecule has 0 fully saturated rings. The Morgan fingerprint density at radius 2 is 1.67 bits per heavy atom. The van der Waals surface area contributed by atoms with E-state index in [0.29, 0.717) is 18.0 Å². The number of benzene rings is 3. The van der Waals surface area contributed by atoms with Gasteiger partial charge in [0.2, 0.25) is 0 Å². The van der Waals surface area contributed by atoms with E-state index in [4.69, 9.17) is 4.74 Å². The molecule has 0 bridgehead atoms. The molecule has 0 radical (unpaired) electrons. The Kier molecular flexibility index (Phi) is 5.06. The molecule has 0 heterocycles. The number of fused-ring (bicyclic) bond motifs is 1. The predicted octanol–water partition coefficient (Wildman–Crippen LogP) is 5.61. The third kappa shape index (κ3) is 3.90. The topological polar surface area (TPSA) is 21.3 Å². The van der Waals surface area contributed by atoms with Crippen molar-refractivity contribution in [2.75, 3.05) is 11.9 Å². The minimum atomic E-state index is -1.70. The van der Waals surface area contributed by atoms with Gasteiger partial charge in [0.05, 0.1) is 5.69 Å². The number of anilines is 1. The molecule has 3 aromatic carbocycles. The first kappa shape index (κ1) is 16.0. The minimum Gasteiger partial charge on any atom is -0.486 e. The minimum absolute atomic E-state index is 0.0440. The average molecular weight is 325 g/mol. The molecule has 0 saturated carbocycles. The van der Waals surface area contributed by atoms with Crippen molar-refractivity contribution in [3.8, 4) is 5.75 Å². The Balaban J connectivity index is 1.90. The summed E-state index contributed by atoms with van der Waals surface area (Å²) in [5.41, 5.74) is 1.74. The first-order chi connectivity index (χ1) is 11.7. The largest absolute Gasteiger partial charge is 0.486 e. The molecule has 122 valence electrons. The molecule has 4 heteroatoms. The van der Waals surface area contributed by atoms with Gasteiger partial charge in [-0.25, -0.2) is 0 Å². The fourth-order valence-electron chi connectivity index (χ4n) is 2.51. The summed E-state index contributed by atoms with van der Waals surface area (Å²) in [4.78, 5) is 0. The van der Waals surface area contributed by atoms with Gasteiger partial charge in [0.15, 0.2) is 5.75 Å². The molecule has 3 aromatic rings. The second kappa shape index (κ2) is 7.59. The Hall–Kier alpha value is -2.88. The Morgan fingerprint density at radius 3 is 2.46 bits per heavy atom. The number of ether oxygens (including phenoxy) is 1. The summed E-state index contributed by atoms with van der Waals surface area (Å²) in [5, 5.41) is 4.98. The highest BCUT2D eigenvalue weighted by atomic mass is 19.3. The third-order valence-electron chi connectivity index (χ3n) is 3.65. The molecule has 3 rings (SSSR count). The monoisotopic (exact) mass is 325 g/mol. The lowest BCUT2D eigenvalue weighted by molar-refractivity contribution is 0.311. The van der Waals surface area contributed by atoms with Crippen molar-refractivity contribution in [3.63, 3.8) is 0 Å². The molecule has 0 amide bonds. The highest BCUT2D eigenvalue weighted by Gasteiger charge is 2.09. The van der Waals surface area contributed by atoms with Crippen molar-refractivity contribution < 1.29 is 13.5 Å². The molecule has 0 saturated heterocycles. The second-order valence-corrected chi connectivity index (χ2v) is 5.31. The molecule has 1 N–H and O–H groups in total. The van der Waals surface area contributed by atoms with E-state index in [1.165, 1.54) is 0 Å². The lowest BCUT2D eigenvalue weighted by Crippen LogP contribution is -2.03. The van der Waals surface area contributed by atoms with Crippen LogP contribution in [0.5, 0.6) is 5.75 Å². The molecule has 0 aliphatic heterocycles. The van der Waals surface area contributed by atoms with Crippen LogP contribution in [0, 0.1) is 0 Å². The van der Waals surface area contributed by atoms with Crippen LogP contribution in [-0.2, 0) is 6.61 Å². The van der Waals surface area contributed by atoms with Gasteiger partial charge >= 0.3 is 0 Å². The fourth-order valence-corrected chi connectivity index (χ4v) is 2.51. The van der Waals surface area contributed by atoms with E-state index in [-0.39, 0.29) is 6.54 Å². The Morgan fingerprint density at radius 1 is 0.917 bits per heavy atom. The fraction of sp³-hybridized carbons (Fsp3) is 0.100. The molecule has 0 unspecified atom stereocenters. The third-order valence-corrected chi connectivity index (χ3v) is 3.65. The van der Waals surface area contributed by atoms with Crippen molar-refractivity contribution in [3.05, 3.63) is 84.5 Å². The van der Waals surface area contributed by atoms with Crippen molar-refractivity contribution in [2.45, 2.75) is 6.61 Å². The summed E-state index contributed by atoms with van der Waals surface area (Å²) in [5.74, 6) is 0.671. The molecule has 0 aliphatic rings. The standard InChI is InChI=1S/C20H17F2NO/c21-19(22)12-13-23-18-11-10-16-8-4-5-9-17(16)20(18)24-14-15-6-2-1-3-7-15/h1-12,23H,13-14H2. The van der Waals surface area contributed by atoms with E-state index in [1.54, 1.807) is 0 Å². The van der Waals surface area contributed by atoms with Crippen LogP contribution in [0.1, 0.15) is 5.56 Å². The normalized spacial score (nSPS) is 10.4. The van der Waals surface area contributed by atoms with Crippen molar-refractivity contribution in [1.82, 2.24) is 0 Å². The average Bonchev–Trinajstić information content (AvgIpc) is 2.61. The van der Waals surface area contributed by atoms with Crippen molar-refractivity contribution >= 4 is 16.5 Å². The highest BCUT2D eigenvalue weighted by molar-refractivity contribution is 5.93. The summed E-state index contributed by atoms with van der Waals surface area (Å²) in [6, 6.07) is 21.5. The maximum Gasteiger partial charge on any atom is 0.268 e. The number of halogens is 2. The number of hydrogen-bond acceptors (Lipinski definition) is 2. The number of hydrogen-bond donors (Lipinski definition) is 1. The van der Waals surface area contributed by atoms with Gasteiger partial charge in [0, 0.05) is 18.0 Å². The van der Waals surface area contributed by atoms with Crippen LogP contribution in [0.15, 0.2) is 78.9 Å². The molecular formula is C20H17F2NO. The van der Waals surface area contributed by atoms with Crippen LogP contribution in [0.2, 0.25) is 0 Å². The Labute approximate surface area is 139 Å². The lowest BCUT2D eigenvalue weighted by Gasteiger charge is -2.15. The molecule has 0 atom stereocenters. The van der Waals surface area contributed by atoms with Gasteiger partial charge < -0.3 is 10.1 Å². The summed E-state index contributed by atoms with van der Waals surface area (Å²) in [7, 11) is 0. The van der Waals surface area contributed by atoms with E-state index >= 15 is 0 Å². The van der Waals surface area contributed by atoms with E-state index in [2.05, 4.69) is 5.32 Å².